The van der Waals surface area contributed by atoms with Crippen molar-refractivity contribution < 1.29 is 14.2 Å². The minimum Gasteiger partial charge on any atom is -0.508 e. The highest BCUT2D eigenvalue weighted by Crippen LogP contribution is 2.33. The van der Waals surface area contributed by atoms with Gasteiger partial charge in [0.25, 0.3) is 0 Å². The number of rotatable bonds is 9. The maximum Gasteiger partial charge on any atom is 0.242 e. The third kappa shape index (κ3) is 6.27. The molecule has 0 saturated carbocycles. The van der Waals surface area contributed by atoms with Crippen molar-refractivity contribution in [2.45, 2.75) is 58.1 Å². The molecule has 1 aromatic carbocycles. The summed E-state index contributed by atoms with van der Waals surface area (Å²) < 4.78 is 24.2. The van der Waals surface area contributed by atoms with Crippen LogP contribution >= 0.6 is 0 Å². The number of anilines is 1. The number of aryl methyl sites for hydroxylation is 1. The number of nitrogens with two attached hydrogens (primary N) is 1. The molecule has 4 aromatic heterocycles. The van der Waals surface area contributed by atoms with Gasteiger partial charge in [0.15, 0.2) is 11.5 Å². The monoisotopic (exact) mass is 614 g/mol. The zero-order valence-electron chi connectivity index (χ0n) is 25.6. The smallest absolute Gasteiger partial charge is 0.242 e. The molecule has 0 aliphatic carbocycles. The second-order valence-electron chi connectivity index (χ2n) is 12.2. The highest BCUT2D eigenvalue weighted by molar-refractivity contribution is 5.98. The Morgan fingerprint density at radius 2 is 1.78 bits per heavy atom. The van der Waals surface area contributed by atoms with Gasteiger partial charge in [-0.1, -0.05) is 6.42 Å². The van der Waals surface area contributed by atoms with E-state index in [4.69, 9.17) is 25.7 Å². The molecule has 2 fully saturated rings. The van der Waals surface area contributed by atoms with Crippen LogP contribution in [0.1, 0.15) is 49.9 Å². The summed E-state index contributed by atoms with van der Waals surface area (Å²) in [6, 6.07) is 5.75. The molecular formula is C32H39FN10O2. The third-order valence-corrected chi connectivity index (χ3v) is 8.94. The van der Waals surface area contributed by atoms with Gasteiger partial charge >= 0.3 is 0 Å². The molecule has 2 saturated heterocycles. The van der Waals surface area contributed by atoms with E-state index >= 15 is 0 Å². The number of aromatic hydroxyl groups is 1. The van der Waals surface area contributed by atoms with Crippen molar-refractivity contribution in [3.63, 3.8) is 0 Å². The first-order valence-electron chi connectivity index (χ1n) is 15.8. The maximum atomic E-state index is 14.2. The second kappa shape index (κ2) is 12.6. The van der Waals surface area contributed by atoms with Crippen molar-refractivity contribution in [1.82, 2.24) is 44.1 Å². The molecule has 2 aliphatic heterocycles. The topological polar surface area (TPSA) is 136 Å². The number of likely N-dealkylation sites (tertiary alicyclic amines) is 2. The summed E-state index contributed by atoms with van der Waals surface area (Å²) >= 11 is 0. The fourth-order valence-corrected chi connectivity index (χ4v) is 6.63. The zero-order valence-corrected chi connectivity index (χ0v) is 25.6. The van der Waals surface area contributed by atoms with Gasteiger partial charge in [-0.05, 0) is 89.0 Å². The molecule has 0 unspecified atom stereocenters. The van der Waals surface area contributed by atoms with E-state index in [1.54, 1.807) is 9.20 Å². The van der Waals surface area contributed by atoms with Crippen LogP contribution in [-0.2, 0) is 6.54 Å². The molecule has 12 nitrogen and oxygen atoms in total. The zero-order chi connectivity index (χ0) is 30.9. The Bertz CT molecular complexity index is 1790. The molecule has 13 heteroatoms. The molecule has 6 heterocycles. The van der Waals surface area contributed by atoms with E-state index in [2.05, 4.69) is 19.8 Å². The molecule has 5 aromatic rings. The first-order chi connectivity index (χ1) is 21.9. The molecule has 45 heavy (non-hydrogen) atoms. The van der Waals surface area contributed by atoms with E-state index in [0.29, 0.717) is 34.0 Å². The van der Waals surface area contributed by atoms with Crippen LogP contribution in [0.5, 0.6) is 11.6 Å². The number of nitrogens with zero attached hydrogens (tertiary/aromatic N) is 9. The van der Waals surface area contributed by atoms with Gasteiger partial charge in [0.05, 0.1) is 5.39 Å². The van der Waals surface area contributed by atoms with Crippen LogP contribution in [0, 0.1) is 12.7 Å². The minimum atomic E-state index is -0.593. The number of nitrogen functional groups attached to an aromatic ring is 1. The summed E-state index contributed by atoms with van der Waals surface area (Å²) in [7, 11) is 0. The van der Waals surface area contributed by atoms with Gasteiger partial charge in [-0.25, -0.2) is 23.6 Å². The van der Waals surface area contributed by atoms with E-state index in [1.165, 1.54) is 63.8 Å². The van der Waals surface area contributed by atoms with Gasteiger partial charge < -0.3 is 25.4 Å². The largest absolute Gasteiger partial charge is 0.508 e. The number of aromatic nitrogens is 7. The maximum absolute atomic E-state index is 14.2. The van der Waals surface area contributed by atoms with Crippen LogP contribution in [0.2, 0.25) is 0 Å². The van der Waals surface area contributed by atoms with Crippen LogP contribution in [0.25, 0.3) is 27.8 Å². The average molecular weight is 615 g/mol. The van der Waals surface area contributed by atoms with Crippen LogP contribution in [0.3, 0.4) is 0 Å². The van der Waals surface area contributed by atoms with E-state index in [1.807, 2.05) is 19.2 Å². The number of hydrogen-bond donors (Lipinski definition) is 2. The number of fused-ring (bicyclic) bond motifs is 2. The van der Waals surface area contributed by atoms with Gasteiger partial charge in [-0.15, -0.1) is 0 Å². The van der Waals surface area contributed by atoms with Crippen molar-refractivity contribution in [1.29, 1.82) is 0 Å². The molecule has 0 atom stereocenters. The van der Waals surface area contributed by atoms with Gasteiger partial charge in [0.1, 0.15) is 47.6 Å². The quantitative estimate of drug-likeness (QED) is 0.250. The standard InChI is InChI=1S/C32H39FN10O2/c1-21-6-15-42-29(21)32(45-25-7-13-41(14-8-25)12-5-11-40-9-3-2-4-10-40)37-26(38-42)19-43-31-27(30(34)35-20-36-31)28(39-43)22-16-23(33)18-24(44)17-22/h6,15-18,20,25,44H,2-5,7-14,19H2,1H3,(H2,34,35,36). The lowest BCUT2D eigenvalue weighted by Crippen LogP contribution is -2.40. The summed E-state index contributed by atoms with van der Waals surface area (Å²) in [6.45, 7) is 9.04. The lowest BCUT2D eigenvalue weighted by molar-refractivity contribution is 0.0938. The number of halogens is 1. The average Bonchev–Trinajstić information content (AvgIpc) is 3.59. The Morgan fingerprint density at radius 1 is 1.00 bits per heavy atom. The second-order valence-corrected chi connectivity index (χ2v) is 12.2. The number of benzene rings is 1. The van der Waals surface area contributed by atoms with Crippen molar-refractivity contribution in [3.8, 4) is 22.9 Å². The lowest BCUT2D eigenvalue weighted by Gasteiger charge is -2.33. The summed E-state index contributed by atoms with van der Waals surface area (Å²) in [5, 5.41) is 19.9. The Morgan fingerprint density at radius 3 is 2.56 bits per heavy atom. The summed E-state index contributed by atoms with van der Waals surface area (Å²) in [4.78, 5) is 18.6. The Kier molecular flexibility index (Phi) is 8.19. The Balaban J connectivity index is 1.09. The fraction of sp³-hybridized carbons (Fsp3) is 0.469. The Labute approximate surface area is 260 Å². The van der Waals surface area contributed by atoms with E-state index in [-0.39, 0.29) is 24.2 Å². The number of hydrogen-bond acceptors (Lipinski definition) is 10. The van der Waals surface area contributed by atoms with Crippen LogP contribution in [0.4, 0.5) is 10.2 Å². The van der Waals surface area contributed by atoms with Crippen LogP contribution in [0.15, 0.2) is 36.8 Å². The minimum absolute atomic E-state index is 0.0644. The number of phenols is 1. The highest BCUT2D eigenvalue weighted by atomic mass is 19.1. The number of piperidine rings is 2. The molecule has 236 valence electrons. The molecular weight excluding hydrogens is 575 g/mol. The third-order valence-electron chi connectivity index (χ3n) is 8.94. The van der Waals surface area contributed by atoms with Crippen molar-refractivity contribution in [2.75, 3.05) is 45.0 Å². The van der Waals surface area contributed by atoms with Gasteiger partial charge in [0, 0.05) is 30.9 Å². The molecule has 0 bridgehead atoms. The van der Waals surface area contributed by atoms with E-state index in [9.17, 15) is 9.50 Å². The summed E-state index contributed by atoms with van der Waals surface area (Å²) in [5.74, 6) is 0.407. The molecule has 3 N–H and O–H groups in total. The SMILES string of the molecule is Cc1ccn2nc(Cn3nc(-c4cc(O)cc(F)c4)c4c(N)ncnc43)nc(OC3CCN(CCCN4CCCCC4)CC3)c12. The number of ether oxygens (including phenoxy) is 1. The van der Waals surface area contributed by atoms with Crippen LogP contribution in [-0.4, -0.2) is 94.6 Å². The van der Waals surface area contributed by atoms with Gasteiger partial charge in [-0.2, -0.15) is 15.2 Å². The first kappa shape index (κ1) is 29.4. The summed E-state index contributed by atoms with van der Waals surface area (Å²) in [5.41, 5.74) is 9.27. The molecule has 2 aliphatic rings. The predicted octanol–water partition coefficient (Wildman–Crippen LogP) is 4.04. The fourth-order valence-electron chi connectivity index (χ4n) is 6.63. The molecule has 0 radical (unpaired) electrons. The normalized spacial score (nSPS) is 17.0. The predicted molar refractivity (Wildman–Crippen MR) is 169 cm³/mol. The van der Waals surface area contributed by atoms with Gasteiger partial charge in [0.2, 0.25) is 5.88 Å². The first-order valence-corrected chi connectivity index (χ1v) is 15.8. The van der Waals surface area contributed by atoms with Crippen molar-refractivity contribution in [3.05, 3.63) is 54.0 Å². The lowest BCUT2D eigenvalue weighted by atomic mass is 10.1. The summed E-state index contributed by atoms with van der Waals surface area (Å²) in [6.07, 6.45) is 10.5. The van der Waals surface area contributed by atoms with Crippen molar-refractivity contribution >= 4 is 22.4 Å². The highest BCUT2D eigenvalue weighted by Gasteiger charge is 2.24. The van der Waals surface area contributed by atoms with Gasteiger partial charge in [-0.3, -0.25) is 0 Å². The van der Waals surface area contributed by atoms with Crippen molar-refractivity contribution in [2.24, 2.45) is 0 Å². The van der Waals surface area contributed by atoms with E-state index in [0.717, 1.165) is 49.6 Å². The van der Waals surface area contributed by atoms with E-state index < -0.39 is 5.82 Å². The number of phenolic OH excluding ortho intramolecular Hbond substituents is 1. The molecule has 7 rings (SSSR count). The molecule has 0 amide bonds. The Hall–Kier alpha value is -4.36. The molecule has 0 spiro atoms. The van der Waals surface area contributed by atoms with Crippen LogP contribution < -0.4 is 10.5 Å².